The van der Waals surface area contributed by atoms with Crippen LogP contribution in [-0.4, -0.2) is 47.0 Å². The molecule has 0 amide bonds. The van der Waals surface area contributed by atoms with E-state index in [2.05, 4.69) is 0 Å². The second-order valence-electron chi connectivity index (χ2n) is 6.33. The normalized spacial score (nSPS) is 18.7. The van der Waals surface area contributed by atoms with E-state index < -0.39 is 11.6 Å². The van der Waals surface area contributed by atoms with Crippen molar-refractivity contribution in [1.29, 1.82) is 0 Å². The van der Waals surface area contributed by atoms with Crippen LogP contribution in [0.3, 0.4) is 0 Å². The Bertz CT molecular complexity index is 650. The van der Waals surface area contributed by atoms with Crippen molar-refractivity contribution in [3.05, 3.63) is 71.8 Å². The number of benzene rings is 2. The number of nitrogens with zero attached hydrogens (tertiary/aromatic N) is 1. The Labute approximate surface area is 147 Å². The minimum Gasteiger partial charge on any atom is -0.458 e. The van der Waals surface area contributed by atoms with Gasteiger partial charge in [0.25, 0.3) is 0 Å². The number of carbonyl (C=O) groups excluding carboxylic acids is 1. The molecule has 5 nitrogen and oxygen atoms in total. The summed E-state index contributed by atoms with van der Waals surface area (Å²) in [5.74, 6) is -0.685. The highest BCUT2D eigenvalue weighted by atomic mass is 16.6. The zero-order valence-corrected chi connectivity index (χ0v) is 14.0. The van der Waals surface area contributed by atoms with Gasteiger partial charge in [-0.1, -0.05) is 60.7 Å². The van der Waals surface area contributed by atoms with Crippen LogP contribution in [0.1, 0.15) is 24.0 Å². The van der Waals surface area contributed by atoms with Crippen molar-refractivity contribution < 1.29 is 19.7 Å². The third-order valence-corrected chi connectivity index (χ3v) is 4.61. The molecule has 1 saturated heterocycles. The highest BCUT2D eigenvalue weighted by molar-refractivity contribution is 5.85. The van der Waals surface area contributed by atoms with E-state index in [1.165, 1.54) is 0 Å². The largest absolute Gasteiger partial charge is 0.458 e. The predicted molar refractivity (Wildman–Crippen MR) is 93.7 cm³/mol. The summed E-state index contributed by atoms with van der Waals surface area (Å²) in [6.45, 7) is 1.20. The van der Waals surface area contributed by atoms with Gasteiger partial charge in [0.15, 0.2) is 0 Å². The molecule has 132 valence electrons. The zero-order valence-electron chi connectivity index (χ0n) is 14.0. The fourth-order valence-corrected chi connectivity index (χ4v) is 3.24. The summed E-state index contributed by atoms with van der Waals surface area (Å²) in [6.07, 6.45) is 1.22. The number of hydrogen-bond acceptors (Lipinski definition) is 5. The summed E-state index contributed by atoms with van der Waals surface area (Å²) in [7, 11) is 0. The Kier molecular flexibility index (Phi) is 5.48. The molecule has 1 atom stereocenters. The van der Waals surface area contributed by atoms with Gasteiger partial charge in [-0.25, -0.2) is 4.79 Å². The molecule has 5 heteroatoms. The average Bonchev–Trinajstić information content (AvgIpc) is 2.68. The molecule has 0 spiro atoms. The van der Waals surface area contributed by atoms with Crippen LogP contribution in [0.2, 0.25) is 0 Å². The van der Waals surface area contributed by atoms with Crippen LogP contribution in [0.4, 0.5) is 0 Å². The summed E-state index contributed by atoms with van der Waals surface area (Å²) in [5.41, 5.74) is -0.911. The molecule has 2 aromatic rings. The first-order valence-electron chi connectivity index (χ1n) is 8.52. The average molecular weight is 341 g/mol. The number of rotatable bonds is 5. The molecular weight excluding hydrogens is 318 g/mol. The topological polar surface area (TPSA) is 70.0 Å². The smallest absolute Gasteiger partial charge is 0.348 e. The first-order valence-corrected chi connectivity index (χ1v) is 8.52. The van der Waals surface area contributed by atoms with Crippen molar-refractivity contribution in [2.75, 3.05) is 19.8 Å². The minimum absolute atomic E-state index is 0.0598. The van der Waals surface area contributed by atoms with Gasteiger partial charge in [0.1, 0.15) is 6.10 Å². The second kappa shape index (κ2) is 7.78. The van der Waals surface area contributed by atoms with Crippen LogP contribution >= 0.6 is 0 Å². The maximum atomic E-state index is 13.0. The van der Waals surface area contributed by atoms with Gasteiger partial charge in [0, 0.05) is 13.1 Å². The second-order valence-corrected chi connectivity index (χ2v) is 6.33. The molecule has 2 N–H and O–H groups in total. The summed E-state index contributed by atoms with van der Waals surface area (Å²) in [6, 6.07) is 17.7. The van der Waals surface area contributed by atoms with Gasteiger partial charge in [0.2, 0.25) is 5.60 Å². The number of hydrogen-bond donors (Lipinski definition) is 2. The van der Waals surface area contributed by atoms with E-state index in [0.717, 1.165) is 19.4 Å². The van der Waals surface area contributed by atoms with Crippen LogP contribution in [0.5, 0.6) is 0 Å². The van der Waals surface area contributed by atoms with Gasteiger partial charge in [-0.05, 0) is 24.0 Å². The Hall–Kier alpha value is -2.21. The standard InChI is InChI=1S/C20H23NO4/c22-15-21-13-7-12-18(14-21)25-19(23)20(24,16-8-3-1-4-9-16)17-10-5-2-6-11-17/h1-6,8-11,18,22,24H,7,12-15H2/t18-/m0/s1. The minimum atomic E-state index is -1.86. The van der Waals surface area contributed by atoms with Crippen molar-refractivity contribution >= 4 is 5.97 Å². The Morgan fingerprint density at radius 3 is 2.16 bits per heavy atom. The zero-order chi connectivity index (χ0) is 17.7. The van der Waals surface area contributed by atoms with E-state index >= 15 is 0 Å². The molecule has 0 bridgehead atoms. The van der Waals surface area contributed by atoms with Gasteiger partial charge in [-0.15, -0.1) is 0 Å². The highest BCUT2D eigenvalue weighted by Gasteiger charge is 2.43. The van der Waals surface area contributed by atoms with Crippen molar-refractivity contribution in [3.63, 3.8) is 0 Å². The van der Waals surface area contributed by atoms with E-state index in [1.54, 1.807) is 48.5 Å². The molecular formula is C20H23NO4. The monoisotopic (exact) mass is 341 g/mol. The quantitative estimate of drug-likeness (QED) is 0.813. The van der Waals surface area contributed by atoms with E-state index in [4.69, 9.17) is 4.74 Å². The van der Waals surface area contributed by atoms with Crippen LogP contribution in [0, 0.1) is 0 Å². The lowest BCUT2D eigenvalue weighted by Gasteiger charge is -2.34. The molecule has 1 heterocycles. The van der Waals surface area contributed by atoms with Gasteiger partial charge in [0.05, 0.1) is 6.73 Å². The maximum Gasteiger partial charge on any atom is 0.348 e. The van der Waals surface area contributed by atoms with Crippen LogP contribution in [-0.2, 0) is 15.1 Å². The van der Waals surface area contributed by atoms with Crippen molar-refractivity contribution in [2.45, 2.75) is 24.5 Å². The number of ether oxygens (including phenoxy) is 1. The van der Waals surface area contributed by atoms with Crippen LogP contribution < -0.4 is 0 Å². The molecule has 0 aliphatic carbocycles. The Morgan fingerprint density at radius 2 is 1.64 bits per heavy atom. The van der Waals surface area contributed by atoms with Gasteiger partial charge in [-0.2, -0.15) is 0 Å². The van der Waals surface area contributed by atoms with Crippen molar-refractivity contribution in [2.24, 2.45) is 0 Å². The lowest BCUT2D eigenvalue weighted by atomic mass is 9.86. The Balaban J connectivity index is 1.88. The maximum absolute atomic E-state index is 13.0. The highest BCUT2D eigenvalue weighted by Crippen LogP contribution is 2.32. The number of aliphatic hydroxyl groups excluding tert-OH is 1. The number of aliphatic hydroxyl groups is 2. The van der Waals surface area contributed by atoms with Crippen LogP contribution in [0.15, 0.2) is 60.7 Å². The van der Waals surface area contributed by atoms with E-state index in [-0.39, 0.29) is 12.8 Å². The summed E-state index contributed by atoms with van der Waals surface area (Å²) >= 11 is 0. The van der Waals surface area contributed by atoms with E-state index in [9.17, 15) is 15.0 Å². The van der Waals surface area contributed by atoms with Gasteiger partial charge in [-0.3, -0.25) is 4.90 Å². The Morgan fingerprint density at radius 1 is 1.08 bits per heavy atom. The summed E-state index contributed by atoms with van der Waals surface area (Å²) < 4.78 is 5.66. The fraction of sp³-hybridized carbons (Fsp3) is 0.350. The molecule has 2 aromatic carbocycles. The van der Waals surface area contributed by atoms with Gasteiger partial charge >= 0.3 is 5.97 Å². The molecule has 3 rings (SSSR count). The number of carbonyl (C=O) groups is 1. The number of esters is 1. The summed E-state index contributed by atoms with van der Waals surface area (Å²) in [4.78, 5) is 14.8. The number of likely N-dealkylation sites (tertiary alicyclic amines) is 1. The molecule has 0 unspecified atom stereocenters. The third kappa shape index (κ3) is 3.74. The molecule has 1 fully saturated rings. The van der Waals surface area contributed by atoms with Gasteiger partial charge < -0.3 is 14.9 Å². The van der Waals surface area contributed by atoms with Crippen molar-refractivity contribution in [3.8, 4) is 0 Å². The summed E-state index contributed by atoms with van der Waals surface area (Å²) in [5, 5.41) is 20.6. The van der Waals surface area contributed by atoms with Crippen molar-refractivity contribution in [1.82, 2.24) is 4.90 Å². The first-order chi connectivity index (χ1) is 12.1. The SMILES string of the molecule is O=C(O[C@H]1CCCN(CO)C1)C(O)(c1ccccc1)c1ccccc1. The molecule has 0 aromatic heterocycles. The number of piperidine rings is 1. The molecule has 0 radical (unpaired) electrons. The lowest BCUT2D eigenvalue weighted by Crippen LogP contribution is -2.45. The molecule has 25 heavy (non-hydrogen) atoms. The third-order valence-electron chi connectivity index (χ3n) is 4.61. The lowest BCUT2D eigenvalue weighted by molar-refractivity contribution is -0.171. The molecule has 0 saturated carbocycles. The molecule has 1 aliphatic heterocycles. The predicted octanol–water partition coefficient (Wildman–Crippen LogP) is 1.88. The van der Waals surface area contributed by atoms with E-state index in [1.807, 2.05) is 17.0 Å². The fourth-order valence-electron chi connectivity index (χ4n) is 3.24. The molecule has 1 aliphatic rings. The van der Waals surface area contributed by atoms with E-state index in [0.29, 0.717) is 17.7 Å². The van der Waals surface area contributed by atoms with Crippen LogP contribution in [0.25, 0.3) is 0 Å². The first kappa shape index (κ1) is 17.6.